The molecule has 3 aromatic heterocycles. The highest BCUT2D eigenvalue weighted by atomic mass is 32.1. The molecule has 1 fully saturated rings. The van der Waals surface area contributed by atoms with Crippen LogP contribution in [0.25, 0.3) is 5.65 Å². The predicted molar refractivity (Wildman–Crippen MR) is 89.9 cm³/mol. The second-order valence-electron chi connectivity index (χ2n) is 5.82. The molecule has 1 saturated heterocycles. The van der Waals surface area contributed by atoms with Crippen molar-refractivity contribution in [3.05, 3.63) is 34.3 Å². The highest BCUT2D eigenvalue weighted by Crippen LogP contribution is 2.22. The Kier molecular flexibility index (Phi) is 3.70. The van der Waals surface area contributed by atoms with E-state index in [1.807, 2.05) is 28.1 Å². The highest BCUT2D eigenvalue weighted by Gasteiger charge is 2.21. The number of rotatable bonds is 3. The molecule has 0 unspecified atom stereocenters. The molecule has 7 nitrogen and oxygen atoms in total. The Morgan fingerprint density at radius 1 is 1.17 bits per heavy atom. The second-order valence-corrected chi connectivity index (χ2v) is 7.11. The van der Waals surface area contributed by atoms with Crippen molar-refractivity contribution < 1.29 is 0 Å². The first-order chi connectivity index (χ1) is 11.2. The fourth-order valence-electron chi connectivity index (χ4n) is 3.01. The van der Waals surface area contributed by atoms with Crippen LogP contribution in [0.2, 0.25) is 0 Å². The normalized spacial score (nSPS) is 16.3. The molecule has 4 rings (SSSR count). The molecule has 0 aliphatic carbocycles. The Labute approximate surface area is 138 Å². The maximum Gasteiger partial charge on any atom is 0.203 e. The van der Waals surface area contributed by atoms with Gasteiger partial charge >= 0.3 is 0 Å². The maximum atomic E-state index is 4.52. The predicted octanol–water partition coefficient (Wildman–Crippen LogP) is 1.52. The van der Waals surface area contributed by atoms with Crippen molar-refractivity contribution in [3.8, 4) is 0 Å². The van der Waals surface area contributed by atoms with E-state index in [1.165, 1.54) is 10.6 Å². The van der Waals surface area contributed by atoms with Gasteiger partial charge in [0.25, 0.3) is 0 Å². The number of aryl methyl sites for hydroxylation is 2. The first kappa shape index (κ1) is 14.5. The van der Waals surface area contributed by atoms with Gasteiger partial charge in [-0.15, -0.1) is 21.5 Å². The minimum Gasteiger partial charge on any atom is -0.351 e. The Morgan fingerprint density at radius 2 is 2.00 bits per heavy atom. The summed E-state index contributed by atoms with van der Waals surface area (Å²) in [5, 5.41) is 9.31. The van der Waals surface area contributed by atoms with Crippen LogP contribution in [-0.2, 0) is 6.54 Å². The highest BCUT2D eigenvalue weighted by molar-refractivity contribution is 7.11. The molecule has 0 aromatic carbocycles. The summed E-state index contributed by atoms with van der Waals surface area (Å²) in [5.41, 5.74) is 2.00. The SMILES string of the molecule is Cc1nc(C)c(CN2CCN(c3nccn4cnnc34)CC2)s1. The molecule has 0 spiro atoms. The third kappa shape index (κ3) is 2.79. The minimum atomic E-state index is 0.829. The fraction of sp³-hybridized carbons (Fsp3) is 0.467. The summed E-state index contributed by atoms with van der Waals surface area (Å²) in [4.78, 5) is 15.2. The maximum absolute atomic E-state index is 4.52. The quantitative estimate of drug-likeness (QED) is 0.726. The van der Waals surface area contributed by atoms with E-state index in [1.54, 1.807) is 6.33 Å². The molecule has 0 radical (unpaired) electrons. The lowest BCUT2D eigenvalue weighted by Gasteiger charge is -2.35. The van der Waals surface area contributed by atoms with E-state index in [2.05, 4.69) is 43.8 Å². The number of aromatic nitrogens is 5. The van der Waals surface area contributed by atoms with Gasteiger partial charge in [0.15, 0.2) is 5.82 Å². The Bertz CT molecular complexity index is 816. The first-order valence-electron chi connectivity index (χ1n) is 7.75. The molecule has 23 heavy (non-hydrogen) atoms. The number of anilines is 1. The molecule has 1 aliphatic heterocycles. The summed E-state index contributed by atoms with van der Waals surface area (Å²) in [6.45, 7) is 9.12. The van der Waals surface area contributed by atoms with Gasteiger partial charge in [-0.05, 0) is 13.8 Å². The molecule has 0 saturated carbocycles. The third-order valence-corrected chi connectivity index (χ3v) is 5.29. The summed E-state index contributed by atoms with van der Waals surface area (Å²) >= 11 is 1.81. The number of hydrogen-bond acceptors (Lipinski definition) is 7. The van der Waals surface area contributed by atoms with E-state index in [0.29, 0.717) is 0 Å². The zero-order chi connectivity index (χ0) is 15.8. The van der Waals surface area contributed by atoms with Gasteiger partial charge in [0.1, 0.15) is 6.33 Å². The molecular formula is C15H19N7S. The van der Waals surface area contributed by atoms with Crippen molar-refractivity contribution in [1.29, 1.82) is 0 Å². The average molecular weight is 329 g/mol. The van der Waals surface area contributed by atoms with Crippen LogP contribution in [0.15, 0.2) is 18.7 Å². The summed E-state index contributed by atoms with van der Waals surface area (Å²) in [6, 6.07) is 0. The number of hydrogen-bond donors (Lipinski definition) is 0. The average Bonchev–Trinajstić information content (AvgIpc) is 3.14. The zero-order valence-electron chi connectivity index (χ0n) is 13.3. The lowest BCUT2D eigenvalue weighted by atomic mass is 10.3. The standard InChI is InChI=1S/C15H19N7S/c1-11-13(23-12(2)18-11)9-20-5-7-21(8-6-20)14-15-19-17-10-22(15)4-3-16-14/h3-4,10H,5-9H2,1-2H3. The largest absolute Gasteiger partial charge is 0.351 e. The molecule has 0 N–H and O–H groups in total. The van der Waals surface area contributed by atoms with Crippen molar-refractivity contribution in [2.75, 3.05) is 31.1 Å². The van der Waals surface area contributed by atoms with Gasteiger partial charge in [0, 0.05) is 50.0 Å². The van der Waals surface area contributed by atoms with E-state index in [-0.39, 0.29) is 0 Å². The number of thiazole rings is 1. The zero-order valence-corrected chi connectivity index (χ0v) is 14.1. The van der Waals surface area contributed by atoms with Gasteiger partial charge in [-0.1, -0.05) is 0 Å². The Morgan fingerprint density at radius 3 is 2.74 bits per heavy atom. The third-order valence-electron chi connectivity index (χ3n) is 4.24. The molecule has 4 heterocycles. The summed E-state index contributed by atoms with van der Waals surface area (Å²) in [6.07, 6.45) is 5.40. The first-order valence-corrected chi connectivity index (χ1v) is 8.57. The molecule has 0 bridgehead atoms. The van der Waals surface area contributed by atoms with Crippen LogP contribution in [0.1, 0.15) is 15.6 Å². The van der Waals surface area contributed by atoms with Crippen molar-refractivity contribution in [2.24, 2.45) is 0 Å². The smallest absolute Gasteiger partial charge is 0.203 e. The van der Waals surface area contributed by atoms with Crippen LogP contribution in [0.5, 0.6) is 0 Å². The van der Waals surface area contributed by atoms with E-state index in [0.717, 1.165) is 49.2 Å². The fourth-order valence-corrected chi connectivity index (χ4v) is 3.99. The number of piperazine rings is 1. The van der Waals surface area contributed by atoms with Gasteiger partial charge < -0.3 is 4.90 Å². The van der Waals surface area contributed by atoms with Crippen molar-refractivity contribution in [1.82, 2.24) is 29.5 Å². The number of nitrogens with zero attached hydrogens (tertiary/aromatic N) is 7. The summed E-state index contributed by atoms with van der Waals surface area (Å²) < 4.78 is 1.91. The van der Waals surface area contributed by atoms with Gasteiger partial charge in [-0.2, -0.15) is 0 Å². The van der Waals surface area contributed by atoms with Crippen LogP contribution in [0.3, 0.4) is 0 Å². The monoisotopic (exact) mass is 329 g/mol. The van der Waals surface area contributed by atoms with E-state index in [4.69, 9.17) is 0 Å². The van der Waals surface area contributed by atoms with E-state index in [9.17, 15) is 0 Å². The molecule has 1 aliphatic rings. The van der Waals surface area contributed by atoms with Crippen molar-refractivity contribution >= 4 is 22.8 Å². The van der Waals surface area contributed by atoms with Gasteiger partial charge in [-0.3, -0.25) is 9.30 Å². The van der Waals surface area contributed by atoms with Gasteiger partial charge in [0.2, 0.25) is 5.65 Å². The molecule has 3 aromatic rings. The minimum absolute atomic E-state index is 0.829. The molecule has 120 valence electrons. The van der Waals surface area contributed by atoms with Gasteiger partial charge in [0.05, 0.1) is 10.7 Å². The van der Waals surface area contributed by atoms with Crippen LogP contribution < -0.4 is 4.90 Å². The molecule has 0 amide bonds. The topological polar surface area (TPSA) is 62.5 Å². The van der Waals surface area contributed by atoms with Gasteiger partial charge in [-0.25, -0.2) is 9.97 Å². The van der Waals surface area contributed by atoms with Crippen LogP contribution >= 0.6 is 11.3 Å². The summed E-state index contributed by atoms with van der Waals surface area (Å²) in [5.74, 6) is 0.925. The van der Waals surface area contributed by atoms with Crippen LogP contribution in [0.4, 0.5) is 5.82 Å². The van der Waals surface area contributed by atoms with Crippen molar-refractivity contribution in [2.45, 2.75) is 20.4 Å². The lowest BCUT2D eigenvalue weighted by molar-refractivity contribution is 0.251. The summed E-state index contributed by atoms with van der Waals surface area (Å²) in [7, 11) is 0. The van der Waals surface area contributed by atoms with Crippen molar-refractivity contribution in [3.63, 3.8) is 0 Å². The second kappa shape index (κ2) is 5.86. The lowest BCUT2D eigenvalue weighted by Crippen LogP contribution is -2.46. The molecule has 0 atom stereocenters. The van der Waals surface area contributed by atoms with Crippen LogP contribution in [-0.4, -0.2) is 55.6 Å². The van der Waals surface area contributed by atoms with E-state index >= 15 is 0 Å². The Hall–Kier alpha value is -2.06. The number of fused-ring (bicyclic) bond motifs is 1. The van der Waals surface area contributed by atoms with E-state index < -0.39 is 0 Å². The van der Waals surface area contributed by atoms with Crippen LogP contribution in [0, 0.1) is 13.8 Å². The Balaban J connectivity index is 1.45. The molecule has 8 heteroatoms. The molecular weight excluding hydrogens is 310 g/mol.